The van der Waals surface area contributed by atoms with Crippen LogP contribution in [-0.4, -0.2) is 0 Å². The number of nitrogens with zero attached hydrogens (tertiary/aromatic N) is 1. The molecule has 0 heterocycles. The zero-order valence-corrected chi connectivity index (χ0v) is 11.4. The largest absolute Gasteiger partial charge is 0.351 e. The third-order valence-corrected chi connectivity index (χ3v) is 3.30. The molecule has 2 nitrogen and oxygen atoms in total. The van der Waals surface area contributed by atoms with Gasteiger partial charge in [0.25, 0.3) is 0 Å². The van der Waals surface area contributed by atoms with E-state index in [9.17, 15) is 5.26 Å². The Balaban J connectivity index is 2.20. The van der Waals surface area contributed by atoms with E-state index in [1.54, 1.807) is 13.0 Å². The maximum Gasteiger partial charge on any atom is 0.178 e. The van der Waals surface area contributed by atoms with Gasteiger partial charge < -0.3 is 4.74 Å². The molecule has 0 aromatic heterocycles. The lowest BCUT2D eigenvalue weighted by molar-refractivity contribution is -0.00437. The van der Waals surface area contributed by atoms with E-state index in [-0.39, 0.29) is 0 Å². The first-order valence-corrected chi connectivity index (χ1v) is 6.37. The minimum atomic E-state index is -1.05. The van der Waals surface area contributed by atoms with Gasteiger partial charge in [-0.2, -0.15) is 5.26 Å². The summed E-state index contributed by atoms with van der Waals surface area (Å²) in [5.41, 5.74) is 0.667. The molecular formula is C16H14ClNO. The zero-order valence-electron chi connectivity index (χ0n) is 10.6. The van der Waals surface area contributed by atoms with Gasteiger partial charge in [-0.15, -0.1) is 0 Å². The number of rotatable bonds is 4. The van der Waals surface area contributed by atoms with Gasteiger partial charge >= 0.3 is 0 Å². The van der Waals surface area contributed by atoms with Crippen molar-refractivity contribution in [1.82, 2.24) is 0 Å². The molecule has 1 unspecified atom stereocenters. The van der Waals surface area contributed by atoms with E-state index in [1.807, 2.05) is 48.5 Å². The normalized spacial score (nSPS) is 13.5. The highest BCUT2D eigenvalue weighted by molar-refractivity contribution is 6.31. The zero-order chi connectivity index (χ0) is 13.7. The Labute approximate surface area is 118 Å². The van der Waals surface area contributed by atoms with Crippen LogP contribution in [0.1, 0.15) is 18.1 Å². The Morgan fingerprint density at radius 3 is 2.37 bits per heavy atom. The fourth-order valence-electron chi connectivity index (χ4n) is 1.82. The summed E-state index contributed by atoms with van der Waals surface area (Å²) in [7, 11) is 0. The van der Waals surface area contributed by atoms with Crippen molar-refractivity contribution in [2.45, 2.75) is 19.1 Å². The number of benzene rings is 2. The molecule has 0 saturated carbocycles. The van der Waals surface area contributed by atoms with Crippen molar-refractivity contribution in [2.75, 3.05) is 0 Å². The van der Waals surface area contributed by atoms with Crippen LogP contribution in [0.5, 0.6) is 0 Å². The fourth-order valence-corrected chi connectivity index (χ4v) is 2.14. The van der Waals surface area contributed by atoms with Gasteiger partial charge in [0.1, 0.15) is 6.07 Å². The lowest BCUT2D eigenvalue weighted by atomic mass is 9.97. The smallest absolute Gasteiger partial charge is 0.178 e. The van der Waals surface area contributed by atoms with E-state index in [2.05, 4.69) is 6.07 Å². The third-order valence-electron chi connectivity index (χ3n) is 2.97. The molecule has 0 fully saturated rings. The highest BCUT2D eigenvalue weighted by Crippen LogP contribution is 2.31. The first-order valence-electron chi connectivity index (χ1n) is 6.00. The molecule has 0 amide bonds. The van der Waals surface area contributed by atoms with E-state index >= 15 is 0 Å². The van der Waals surface area contributed by atoms with Crippen molar-refractivity contribution >= 4 is 11.6 Å². The number of hydrogen-bond acceptors (Lipinski definition) is 2. The molecule has 2 aromatic rings. The number of hydrogen-bond donors (Lipinski definition) is 0. The maximum atomic E-state index is 9.41. The first kappa shape index (κ1) is 13.6. The molecule has 0 aliphatic heterocycles. The molecule has 96 valence electrons. The summed E-state index contributed by atoms with van der Waals surface area (Å²) in [5.74, 6) is 0. The lowest BCUT2D eigenvalue weighted by Crippen LogP contribution is -2.24. The molecule has 0 spiro atoms. The minimum Gasteiger partial charge on any atom is -0.351 e. The molecular weight excluding hydrogens is 258 g/mol. The molecule has 0 N–H and O–H groups in total. The predicted molar refractivity (Wildman–Crippen MR) is 75.6 cm³/mol. The second-order valence-corrected chi connectivity index (χ2v) is 4.81. The van der Waals surface area contributed by atoms with E-state index in [0.717, 1.165) is 5.56 Å². The Kier molecular flexibility index (Phi) is 4.21. The summed E-state index contributed by atoms with van der Waals surface area (Å²) in [6.45, 7) is 2.10. The van der Waals surface area contributed by atoms with Crippen molar-refractivity contribution in [3.63, 3.8) is 0 Å². The molecule has 0 aliphatic rings. The monoisotopic (exact) mass is 271 g/mol. The number of halogens is 1. The van der Waals surface area contributed by atoms with E-state index < -0.39 is 5.60 Å². The molecule has 19 heavy (non-hydrogen) atoms. The Morgan fingerprint density at radius 2 is 1.74 bits per heavy atom. The van der Waals surface area contributed by atoms with Gasteiger partial charge in [-0.3, -0.25) is 0 Å². The van der Waals surface area contributed by atoms with Gasteiger partial charge in [0.05, 0.1) is 6.61 Å². The third kappa shape index (κ3) is 3.14. The Bertz CT molecular complexity index is 591. The summed E-state index contributed by atoms with van der Waals surface area (Å²) in [6, 6.07) is 19.2. The highest BCUT2D eigenvalue weighted by atomic mass is 35.5. The summed E-state index contributed by atoms with van der Waals surface area (Å²) in [6.07, 6.45) is 0. The lowest BCUT2D eigenvalue weighted by Gasteiger charge is -2.23. The summed E-state index contributed by atoms with van der Waals surface area (Å²) in [4.78, 5) is 0. The van der Waals surface area contributed by atoms with Gasteiger partial charge in [0.15, 0.2) is 5.60 Å². The molecule has 0 saturated heterocycles. The highest BCUT2D eigenvalue weighted by Gasteiger charge is 2.29. The molecule has 2 rings (SSSR count). The van der Waals surface area contributed by atoms with Crippen LogP contribution in [0.3, 0.4) is 0 Å². The SMILES string of the molecule is CC(C#N)(OCc1ccccc1)c1ccccc1Cl. The van der Waals surface area contributed by atoms with Crippen LogP contribution in [0.25, 0.3) is 0 Å². The van der Waals surface area contributed by atoms with Crippen molar-refractivity contribution in [1.29, 1.82) is 5.26 Å². The first-order chi connectivity index (χ1) is 9.15. The van der Waals surface area contributed by atoms with Crippen LogP contribution in [0.2, 0.25) is 5.02 Å². The summed E-state index contributed by atoms with van der Waals surface area (Å²) >= 11 is 6.14. The maximum absolute atomic E-state index is 9.41. The standard InChI is InChI=1S/C16H14ClNO/c1-16(12-18,14-9-5-6-10-15(14)17)19-11-13-7-3-2-4-8-13/h2-10H,11H2,1H3. The molecule has 0 bridgehead atoms. The van der Waals surface area contributed by atoms with Crippen molar-refractivity contribution in [3.05, 3.63) is 70.7 Å². The van der Waals surface area contributed by atoms with E-state index in [1.165, 1.54) is 0 Å². The van der Waals surface area contributed by atoms with Crippen molar-refractivity contribution < 1.29 is 4.74 Å². The van der Waals surface area contributed by atoms with Crippen LogP contribution in [-0.2, 0) is 16.9 Å². The van der Waals surface area contributed by atoms with Gasteiger partial charge in [0.2, 0.25) is 0 Å². The van der Waals surface area contributed by atoms with E-state index in [0.29, 0.717) is 17.2 Å². The Hall–Kier alpha value is -1.82. The minimum absolute atomic E-state index is 0.371. The Morgan fingerprint density at radius 1 is 1.11 bits per heavy atom. The van der Waals surface area contributed by atoms with Crippen molar-refractivity contribution in [3.8, 4) is 6.07 Å². The van der Waals surface area contributed by atoms with Gasteiger partial charge in [-0.05, 0) is 18.6 Å². The molecule has 1 atom stereocenters. The summed E-state index contributed by atoms with van der Waals surface area (Å²) < 4.78 is 5.79. The van der Waals surface area contributed by atoms with Crippen LogP contribution in [0.4, 0.5) is 0 Å². The molecule has 0 radical (unpaired) electrons. The van der Waals surface area contributed by atoms with Crippen LogP contribution >= 0.6 is 11.6 Å². The second kappa shape index (κ2) is 5.88. The average Bonchev–Trinajstić information content (AvgIpc) is 2.46. The topological polar surface area (TPSA) is 33.0 Å². The molecule has 0 aliphatic carbocycles. The number of ether oxygens (including phenoxy) is 1. The van der Waals surface area contributed by atoms with Crippen LogP contribution in [0.15, 0.2) is 54.6 Å². The van der Waals surface area contributed by atoms with E-state index in [4.69, 9.17) is 16.3 Å². The quantitative estimate of drug-likeness (QED) is 0.831. The predicted octanol–water partition coefficient (Wildman–Crippen LogP) is 4.30. The molecule has 2 aromatic carbocycles. The second-order valence-electron chi connectivity index (χ2n) is 4.40. The number of nitriles is 1. The van der Waals surface area contributed by atoms with Gasteiger partial charge in [0, 0.05) is 10.6 Å². The van der Waals surface area contributed by atoms with Crippen LogP contribution in [0, 0.1) is 11.3 Å². The van der Waals surface area contributed by atoms with Gasteiger partial charge in [-0.1, -0.05) is 60.1 Å². The summed E-state index contributed by atoms with van der Waals surface area (Å²) in [5, 5.41) is 9.95. The fraction of sp³-hybridized carbons (Fsp3) is 0.188. The molecule has 3 heteroatoms. The van der Waals surface area contributed by atoms with Crippen LogP contribution < -0.4 is 0 Å². The van der Waals surface area contributed by atoms with Crippen molar-refractivity contribution in [2.24, 2.45) is 0 Å². The van der Waals surface area contributed by atoms with Gasteiger partial charge in [-0.25, -0.2) is 0 Å². The average molecular weight is 272 g/mol.